The molecule has 17 heavy (non-hydrogen) atoms. The maximum atomic E-state index is 11.9. The van der Waals surface area contributed by atoms with Gasteiger partial charge >= 0.3 is 0 Å². The number of aromatic nitrogens is 1. The van der Waals surface area contributed by atoms with E-state index in [-0.39, 0.29) is 11.9 Å². The summed E-state index contributed by atoms with van der Waals surface area (Å²) >= 11 is 5.89. The molecule has 0 aliphatic rings. The topological polar surface area (TPSA) is 60.5 Å². The highest BCUT2D eigenvalue weighted by Gasteiger charge is 2.19. The van der Waals surface area contributed by atoms with Gasteiger partial charge in [0.1, 0.15) is 0 Å². The van der Waals surface area contributed by atoms with Gasteiger partial charge in [-0.1, -0.05) is 11.6 Å². The molecule has 1 unspecified atom stereocenters. The van der Waals surface area contributed by atoms with Gasteiger partial charge in [-0.25, -0.2) is 0 Å². The number of halogens is 1. The summed E-state index contributed by atoms with van der Waals surface area (Å²) in [5.74, 6) is -0.310. The third kappa shape index (κ3) is 3.66. The second-order valence-corrected chi connectivity index (χ2v) is 3.86. The fourth-order valence-electron chi connectivity index (χ4n) is 1.40. The molecule has 0 aromatic carbocycles. The average molecular weight is 259 g/mol. The van der Waals surface area contributed by atoms with E-state index < -0.39 is 6.29 Å². The minimum Gasteiger partial charge on any atom is -0.354 e. The van der Waals surface area contributed by atoms with Gasteiger partial charge in [-0.2, -0.15) is 0 Å². The number of carbonyl (C=O) groups is 1. The Hall–Kier alpha value is -1.17. The summed E-state index contributed by atoms with van der Waals surface area (Å²) < 4.78 is 10.1. The number of nitrogens with zero attached hydrogens (tertiary/aromatic N) is 1. The van der Waals surface area contributed by atoms with Crippen molar-refractivity contribution in [3.63, 3.8) is 0 Å². The van der Waals surface area contributed by atoms with Crippen LogP contribution in [0, 0.1) is 0 Å². The molecule has 0 radical (unpaired) electrons. The van der Waals surface area contributed by atoms with Crippen LogP contribution in [0.3, 0.4) is 0 Å². The van der Waals surface area contributed by atoms with Crippen LogP contribution in [0.2, 0.25) is 5.02 Å². The molecule has 1 N–H and O–H groups in total. The third-order valence-corrected chi connectivity index (χ3v) is 2.57. The van der Waals surface area contributed by atoms with E-state index >= 15 is 0 Å². The number of rotatable bonds is 5. The standard InChI is InChI=1S/C11H15ClN2O3/c1-7(11(16-2)17-3)14-10(15)8-6-13-5-4-9(8)12/h4-7,11H,1-3H3,(H,14,15). The molecule has 0 fully saturated rings. The van der Waals surface area contributed by atoms with E-state index in [2.05, 4.69) is 10.3 Å². The zero-order valence-electron chi connectivity index (χ0n) is 9.94. The Morgan fingerprint density at radius 3 is 2.65 bits per heavy atom. The lowest BCUT2D eigenvalue weighted by Gasteiger charge is -2.22. The number of carbonyl (C=O) groups excluding carboxylic acids is 1. The van der Waals surface area contributed by atoms with Crippen LogP contribution >= 0.6 is 11.6 Å². The molecular weight excluding hydrogens is 244 g/mol. The molecule has 0 bridgehead atoms. The van der Waals surface area contributed by atoms with Crippen LogP contribution in [0.1, 0.15) is 17.3 Å². The molecule has 1 rings (SSSR count). The summed E-state index contributed by atoms with van der Waals surface area (Å²) in [4.78, 5) is 15.7. The van der Waals surface area contributed by atoms with E-state index in [4.69, 9.17) is 21.1 Å². The van der Waals surface area contributed by atoms with Gasteiger partial charge in [0.2, 0.25) is 0 Å². The van der Waals surface area contributed by atoms with Gasteiger partial charge in [-0.15, -0.1) is 0 Å². The lowest BCUT2D eigenvalue weighted by atomic mass is 10.2. The second kappa shape index (κ2) is 6.54. The first-order valence-electron chi connectivity index (χ1n) is 5.06. The molecule has 6 heteroatoms. The highest BCUT2D eigenvalue weighted by atomic mass is 35.5. The largest absolute Gasteiger partial charge is 0.354 e. The Balaban J connectivity index is 2.70. The Morgan fingerprint density at radius 2 is 2.12 bits per heavy atom. The van der Waals surface area contributed by atoms with Crippen LogP contribution in [0.25, 0.3) is 0 Å². The van der Waals surface area contributed by atoms with Crippen LogP contribution in [0.15, 0.2) is 18.5 Å². The first kappa shape index (κ1) is 13.9. The zero-order chi connectivity index (χ0) is 12.8. The molecule has 94 valence electrons. The van der Waals surface area contributed by atoms with Crippen LogP contribution in [-0.2, 0) is 9.47 Å². The molecule has 1 heterocycles. The fourth-order valence-corrected chi connectivity index (χ4v) is 1.59. The van der Waals surface area contributed by atoms with Crippen molar-refractivity contribution >= 4 is 17.5 Å². The number of amides is 1. The minimum absolute atomic E-state index is 0.297. The first-order chi connectivity index (χ1) is 8.10. The maximum absolute atomic E-state index is 11.9. The second-order valence-electron chi connectivity index (χ2n) is 3.46. The minimum atomic E-state index is -0.505. The fraction of sp³-hybridized carbons (Fsp3) is 0.455. The first-order valence-corrected chi connectivity index (χ1v) is 5.44. The molecule has 0 aliphatic heterocycles. The van der Waals surface area contributed by atoms with E-state index in [0.29, 0.717) is 10.6 Å². The van der Waals surface area contributed by atoms with E-state index in [1.54, 1.807) is 13.0 Å². The Morgan fingerprint density at radius 1 is 1.47 bits per heavy atom. The van der Waals surface area contributed by atoms with Gasteiger partial charge in [0, 0.05) is 26.6 Å². The van der Waals surface area contributed by atoms with Gasteiger partial charge in [-0.3, -0.25) is 9.78 Å². The van der Waals surface area contributed by atoms with E-state index in [9.17, 15) is 4.79 Å². The molecule has 1 aromatic rings. The number of nitrogens with one attached hydrogen (secondary N) is 1. The summed E-state index contributed by atoms with van der Waals surface area (Å²) in [7, 11) is 3.02. The van der Waals surface area contributed by atoms with Crippen molar-refractivity contribution in [3.8, 4) is 0 Å². The molecule has 0 saturated carbocycles. The average Bonchev–Trinajstić information content (AvgIpc) is 2.31. The smallest absolute Gasteiger partial charge is 0.254 e. The summed E-state index contributed by atoms with van der Waals surface area (Å²) in [5, 5.41) is 3.08. The number of hydrogen-bond donors (Lipinski definition) is 1. The number of methoxy groups -OCH3 is 2. The lowest BCUT2D eigenvalue weighted by Crippen LogP contribution is -2.43. The van der Waals surface area contributed by atoms with E-state index in [1.165, 1.54) is 26.6 Å². The summed E-state index contributed by atoms with van der Waals surface area (Å²) in [6.45, 7) is 1.78. The molecule has 0 saturated heterocycles. The van der Waals surface area contributed by atoms with Crippen molar-refractivity contribution in [3.05, 3.63) is 29.0 Å². The van der Waals surface area contributed by atoms with Gasteiger partial charge in [-0.05, 0) is 13.0 Å². The van der Waals surface area contributed by atoms with Crippen molar-refractivity contribution in [2.75, 3.05) is 14.2 Å². The monoisotopic (exact) mass is 258 g/mol. The predicted molar refractivity (Wildman–Crippen MR) is 64.0 cm³/mol. The summed E-state index contributed by atoms with van der Waals surface area (Å²) in [5.41, 5.74) is 0.326. The summed E-state index contributed by atoms with van der Waals surface area (Å²) in [6, 6.07) is 1.26. The van der Waals surface area contributed by atoms with Crippen molar-refractivity contribution in [2.24, 2.45) is 0 Å². The highest BCUT2D eigenvalue weighted by Crippen LogP contribution is 2.13. The quantitative estimate of drug-likeness (QED) is 0.813. The van der Waals surface area contributed by atoms with E-state index in [0.717, 1.165) is 0 Å². The van der Waals surface area contributed by atoms with Crippen LogP contribution in [-0.4, -0.2) is 37.4 Å². The Kier molecular flexibility index (Phi) is 5.34. The molecule has 0 aliphatic carbocycles. The van der Waals surface area contributed by atoms with E-state index in [1.807, 2.05) is 0 Å². The maximum Gasteiger partial charge on any atom is 0.254 e. The SMILES string of the molecule is COC(OC)C(C)NC(=O)c1cnccc1Cl. The number of pyridine rings is 1. The Labute approximate surface area is 105 Å². The summed E-state index contributed by atoms with van der Waals surface area (Å²) in [6.07, 6.45) is 2.43. The van der Waals surface area contributed by atoms with Crippen LogP contribution in [0.5, 0.6) is 0 Å². The molecule has 1 aromatic heterocycles. The molecule has 0 spiro atoms. The van der Waals surface area contributed by atoms with Crippen molar-refractivity contribution in [1.82, 2.24) is 10.3 Å². The highest BCUT2D eigenvalue weighted by molar-refractivity contribution is 6.33. The number of ether oxygens (including phenoxy) is 2. The molecule has 1 atom stereocenters. The lowest BCUT2D eigenvalue weighted by molar-refractivity contribution is -0.117. The van der Waals surface area contributed by atoms with Gasteiger partial charge in [0.25, 0.3) is 5.91 Å². The Bertz CT molecular complexity index is 383. The van der Waals surface area contributed by atoms with Crippen molar-refractivity contribution in [1.29, 1.82) is 0 Å². The number of hydrogen-bond acceptors (Lipinski definition) is 4. The molecule has 5 nitrogen and oxygen atoms in total. The van der Waals surface area contributed by atoms with Crippen molar-refractivity contribution in [2.45, 2.75) is 19.3 Å². The third-order valence-electron chi connectivity index (χ3n) is 2.24. The zero-order valence-corrected chi connectivity index (χ0v) is 10.7. The van der Waals surface area contributed by atoms with Gasteiger partial charge < -0.3 is 14.8 Å². The molecular formula is C11H15ClN2O3. The van der Waals surface area contributed by atoms with Gasteiger partial charge in [0.15, 0.2) is 6.29 Å². The van der Waals surface area contributed by atoms with Crippen LogP contribution in [0.4, 0.5) is 0 Å². The van der Waals surface area contributed by atoms with Gasteiger partial charge in [0.05, 0.1) is 16.6 Å². The van der Waals surface area contributed by atoms with Crippen molar-refractivity contribution < 1.29 is 14.3 Å². The molecule has 1 amide bonds. The normalized spacial score (nSPS) is 12.5. The van der Waals surface area contributed by atoms with Crippen LogP contribution < -0.4 is 5.32 Å². The predicted octanol–water partition coefficient (Wildman–Crippen LogP) is 1.47.